The zero-order valence-electron chi connectivity index (χ0n) is 16.4. The van der Waals surface area contributed by atoms with Crippen LogP contribution in [0.2, 0.25) is 0 Å². The third-order valence-electron chi connectivity index (χ3n) is 4.88. The van der Waals surface area contributed by atoms with Crippen molar-refractivity contribution in [2.75, 3.05) is 13.7 Å². The van der Waals surface area contributed by atoms with E-state index in [1.54, 1.807) is 7.11 Å². The lowest BCUT2D eigenvalue weighted by Gasteiger charge is -2.19. The SMILES string of the molecule is CCCCC(CC)COc1cc(-c2ccc(C)cc2)c(OC)cc1C. The van der Waals surface area contributed by atoms with Crippen molar-refractivity contribution in [3.8, 4) is 22.6 Å². The molecule has 2 aromatic rings. The summed E-state index contributed by atoms with van der Waals surface area (Å²) in [5.74, 6) is 2.49. The number of aryl methyl sites for hydroxylation is 2. The molecule has 0 aliphatic heterocycles. The van der Waals surface area contributed by atoms with E-state index in [-0.39, 0.29) is 0 Å². The number of hydrogen-bond donors (Lipinski definition) is 0. The highest BCUT2D eigenvalue weighted by Gasteiger charge is 2.13. The van der Waals surface area contributed by atoms with Crippen LogP contribution in [-0.2, 0) is 0 Å². The Morgan fingerprint density at radius 1 is 0.960 bits per heavy atom. The van der Waals surface area contributed by atoms with Crippen molar-refractivity contribution in [1.82, 2.24) is 0 Å². The van der Waals surface area contributed by atoms with E-state index in [1.165, 1.54) is 31.2 Å². The smallest absolute Gasteiger partial charge is 0.127 e. The molecule has 0 radical (unpaired) electrons. The quantitative estimate of drug-likeness (QED) is 0.513. The maximum atomic E-state index is 6.22. The van der Waals surface area contributed by atoms with E-state index in [0.717, 1.165) is 34.8 Å². The Kier molecular flexibility index (Phi) is 7.36. The number of methoxy groups -OCH3 is 1. The molecule has 0 saturated carbocycles. The molecule has 0 amide bonds. The van der Waals surface area contributed by atoms with E-state index in [2.05, 4.69) is 64.1 Å². The molecule has 0 heterocycles. The number of ether oxygens (including phenoxy) is 2. The van der Waals surface area contributed by atoms with Crippen LogP contribution in [0.15, 0.2) is 36.4 Å². The lowest BCUT2D eigenvalue weighted by Crippen LogP contribution is -2.12. The summed E-state index contributed by atoms with van der Waals surface area (Å²) in [5, 5.41) is 0. The monoisotopic (exact) mass is 340 g/mol. The molecular formula is C23H32O2. The topological polar surface area (TPSA) is 18.5 Å². The minimum atomic E-state index is 0.629. The molecule has 0 spiro atoms. The van der Waals surface area contributed by atoms with Crippen molar-refractivity contribution in [3.05, 3.63) is 47.5 Å². The second-order valence-electron chi connectivity index (χ2n) is 6.91. The lowest BCUT2D eigenvalue weighted by molar-refractivity contribution is 0.232. The molecular weight excluding hydrogens is 308 g/mol. The average Bonchev–Trinajstić information content (AvgIpc) is 2.63. The first-order valence-corrected chi connectivity index (χ1v) is 9.47. The number of benzene rings is 2. The van der Waals surface area contributed by atoms with Crippen LogP contribution in [0.25, 0.3) is 11.1 Å². The maximum Gasteiger partial charge on any atom is 0.127 e. The fraction of sp³-hybridized carbons (Fsp3) is 0.478. The first-order valence-electron chi connectivity index (χ1n) is 9.47. The first kappa shape index (κ1) is 19.4. The van der Waals surface area contributed by atoms with Crippen LogP contribution >= 0.6 is 0 Å². The summed E-state index contributed by atoms with van der Waals surface area (Å²) in [6.45, 7) is 9.48. The Labute approximate surface area is 153 Å². The Bertz CT molecular complexity index is 659. The molecule has 1 atom stereocenters. The van der Waals surface area contributed by atoms with E-state index in [9.17, 15) is 0 Å². The largest absolute Gasteiger partial charge is 0.496 e. The minimum absolute atomic E-state index is 0.629. The van der Waals surface area contributed by atoms with Crippen LogP contribution in [0.1, 0.15) is 50.7 Å². The summed E-state index contributed by atoms with van der Waals surface area (Å²) < 4.78 is 11.8. The van der Waals surface area contributed by atoms with E-state index in [0.29, 0.717) is 5.92 Å². The molecule has 0 saturated heterocycles. The van der Waals surface area contributed by atoms with Crippen LogP contribution in [-0.4, -0.2) is 13.7 Å². The van der Waals surface area contributed by atoms with Crippen molar-refractivity contribution in [1.29, 1.82) is 0 Å². The fourth-order valence-corrected chi connectivity index (χ4v) is 3.05. The third kappa shape index (κ3) is 5.26. The maximum absolute atomic E-state index is 6.22. The summed E-state index contributed by atoms with van der Waals surface area (Å²) in [6, 6.07) is 12.8. The molecule has 0 bridgehead atoms. The second kappa shape index (κ2) is 9.50. The van der Waals surface area contributed by atoms with Gasteiger partial charge < -0.3 is 9.47 Å². The normalized spacial score (nSPS) is 12.0. The van der Waals surface area contributed by atoms with E-state index >= 15 is 0 Å². The Morgan fingerprint density at radius 2 is 1.68 bits per heavy atom. The molecule has 0 fully saturated rings. The highest BCUT2D eigenvalue weighted by molar-refractivity contribution is 5.73. The highest BCUT2D eigenvalue weighted by Crippen LogP contribution is 2.36. The van der Waals surface area contributed by atoms with Gasteiger partial charge in [0.15, 0.2) is 0 Å². The van der Waals surface area contributed by atoms with Crippen molar-refractivity contribution in [3.63, 3.8) is 0 Å². The third-order valence-corrected chi connectivity index (χ3v) is 4.88. The van der Waals surface area contributed by atoms with Crippen molar-refractivity contribution in [2.45, 2.75) is 53.4 Å². The van der Waals surface area contributed by atoms with Gasteiger partial charge in [0.05, 0.1) is 13.7 Å². The summed E-state index contributed by atoms with van der Waals surface area (Å²) in [5.41, 5.74) is 4.63. The molecule has 2 aromatic carbocycles. The molecule has 136 valence electrons. The van der Waals surface area contributed by atoms with E-state index < -0.39 is 0 Å². The van der Waals surface area contributed by atoms with Gasteiger partial charge in [0, 0.05) is 5.56 Å². The van der Waals surface area contributed by atoms with Gasteiger partial charge in [0.2, 0.25) is 0 Å². The van der Waals surface area contributed by atoms with Gasteiger partial charge in [0.1, 0.15) is 11.5 Å². The molecule has 2 nitrogen and oxygen atoms in total. The average molecular weight is 341 g/mol. The predicted molar refractivity (Wildman–Crippen MR) is 107 cm³/mol. The van der Waals surface area contributed by atoms with Crippen LogP contribution < -0.4 is 9.47 Å². The highest BCUT2D eigenvalue weighted by atomic mass is 16.5. The van der Waals surface area contributed by atoms with Crippen LogP contribution in [0.4, 0.5) is 0 Å². The first-order chi connectivity index (χ1) is 12.1. The van der Waals surface area contributed by atoms with Gasteiger partial charge in [0.25, 0.3) is 0 Å². The summed E-state index contributed by atoms with van der Waals surface area (Å²) in [7, 11) is 1.73. The number of hydrogen-bond acceptors (Lipinski definition) is 2. The Morgan fingerprint density at radius 3 is 2.28 bits per heavy atom. The summed E-state index contributed by atoms with van der Waals surface area (Å²) in [6.07, 6.45) is 4.93. The van der Waals surface area contributed by atoms with Gasteiger partial charge in [-0.2, -0.15) is 0 Å². The molecule has 0 aliphatic rings. The molecule has 0 N–H and O–H groups in total. The second-order valence-corrected chi connectivity index (χ2v) is 6.91. The van der Waals surface area contributed by atoms with Gasteiger partial charge in [-0.3, -0.25) is 0 Å². The van der Waals surface area contributed by atoms with Crippen molar-refractivity contribution in [2.24, 2.45) is 5.92 Å². The van der Waals surface area contributed by atoms with Gasteiger partial charge >= 0.3 is 0 Å². The molecule has 2 heteroatoms. The van der Waals surface area contributed by atoms with Gasteiger partial charge in [-0.15, -0.1) is 0 Å². The molecule has 0 aromatic heterocycles. The Hall–Kier alpha value is -1.96. The summed E-state index contributed by atoms with van der Waals surface area (Å²) >= 11 is 0. The predicted octanol–water partition coefficient (Wildman–Crippen LogP) is 6.57. The number of rotatable bonds is 9. The molecule has 25 heavy (non-hydrogen) atoms. The zero-order valence-corrected chi connectivity index (χ0v) is 16.4. The van der Waals surface area contributed by atoms with Crippen molar-refractivity contribution < 1.29 is 9.47 Å². The minimum Gasteiger partial charge on any atom is -0.496 e. The molecule has 1 unspecified atom stereocenters. The molecule has 0 aliphatic carbocycles. The summed E-state index contributed by atoms with van der Waals surface area (Å²) in [4.78, 5) is 0. The number of unbranched alkanes of at least 4 members (excludes halogenated alkanes) is 1. The van der Waals surface area contributed by atoms with E-state index in [1.807, 2.05) is 0 Å². The standard InChI is InChI=1S/C23H32O2/c1-6-8-9-19(7-2)16-25-22-15-21(23(24-5)14-18(22)4)20-12-10-17(3)11-13-20/h10-15,19H,6-9,16H2,1-5H3. The van der Waals surface area contributed by atoms with Gasteiger partial charge in [-0.25, -0.2) is 0 Å². The van der Waals surface area contributed by atoms with E-state index in [4.69, 9.17) is 9.47 Å². The van der Waals surface area contributed by atoms with Gasteiger partial charge in [-0.1, -0.05) is 62.9 Å². The van der Waals surface area contributed by atoms with Crippen LogP contribution in [0.3, 0.4) is 0 Å². The fourth-order valence-electron chi connectivity index (χ4n) is 3.05. The lowest BCUT2D eigenvalue weighted by atomic mass is 9.99. The van der Waals surface area contributed by atoms with Crippen LogP contribution in [0.5, 0.6) is 11.5 Å². The zero-order chi connectivity index (χ0) is 18.2. The van der Waals surface area contributed by atoms with Gasteiger partial charge in [-0.05, 0) is 49.4 Å². The van der Waals surface area contributed by atoms with Crippen LogP contribution in [0, 0.1) is 19.8 Å². The van der Waals surface area contributed by atoms with Crippen molar-refractivity contribution >= 4 is 0 Å². The Balaban J connectivity index is 2.23. The molecule has 2 rings (SSSR count).